The maximum Gasteiger partial charge on any atom is 0.146 e. The summed E-state index contributed by atoms with van der Waals surface area (Å²) in [6.45, 7) is 2.48. The van der Waals surface area contributed by atoms with Gasteiger partial charge < -0.3 is 10.6 Å². The van der Waals surface area contributed by atoms with E-state index in [1.54, 1.807) is 12.1 Å². The quantitative estimate of drug-likeness (QED) is 0.769. The number of nitrogens with zero attached hydrogens (tertiary/aromatic N) is 1. The van der Waals surface area contributed by atoms with Gasteiger partial charge in [-0.2, -0.15) is 0 Å². The molecule has 0 aliphatic rings. The van der Waals surface area contributed by atoms with Crippen molar-refractivity contribution in [3.8, 4) is 0 Å². The lowest BCUT2D eigenvalue weighted by Gasteiger charge is -2.26. The zero-order chi connectivity index (χ0) is 9.84. The number of likely N-dealkylation sites (N-methyl/N-ethyl adjacent to an activating group) is 1. The Bertz CT molecular complexity index is 275. The summed E-state index contributed by atoms with van der Waals surface area (Å²) in [7, 11) is 1.84. The lowest BCUT2D eigenvalue weighted by molar-refractivity contribution is 0.607. The molecule has 1 aromatic rings. The molecular weight excluding hydrogens is 167 g/mol. The molecule has 1 aromatic carbocycles. The van der Waals surface area contributed by atoms with Gasteiger partial charge in [-0.15, -0.1) is 0 Å². The molecule has 0 heterocycles. The van der Waals surface area contributed by atoms with Crippen molar-refractivity contribution in [1.29, 1.82) is 0 Å². The Hall–Kier alpha value is -1.09. The van der Waals surface area contributed by atoms with Gasteiger partial charge in [0.25, 0.3) is 0 Å². The summed E-state index contributed by atoms with van der Waals surface area (Å²) in [5, 5.41) is 0. The van der Waals surface area contributed by atoms with E-state index in [4.69, 9.17) is 5.73 Å². The molecule has 13 heavy (non-hydrogen) atoms. The number of rotatable bonds is 3. The number of anilines is 1. The van der Waals surface area contributed by atoms with Gasteiger partial charge >= 0.3 is 0 Å². The molecule has 1 rings (SSSR count). The fraction of sp³-hybridized carbons (Fsp3) is 0.400. The maximum absolute atomic E-state index is 13.3. The minimum atomic E-state index is -0.203. The highest BCUT2D eigenvalue weighted by Gasteiger charge is 2.11. The first-order chi connectivity index (χ1) is 6.16. The summed E-state index contributed by atoms with van der Waals surface area (Å²) in [4.78, 5) is 1.84. The van der Waals surface area contributed by atoms with Gasteiger partial charge in [-0.05, 0) is 19.1 Å². The van der Waals surface area contributed by atoms with Crippen molar-refractivity contribution in [2.75, 3.05) is 18.5 Å². The summed E-state index contributed by atoms with van der Waals surface area (Å²) in [6.07, 6.45) is 0. The Labute approximate surface area is 78.2 Å². The van der Waals surface area contributed by atoms with Gasteiger partial charge in [-0.1, -0.05) is 12.1 Å². The second-order valence-electron chi connectivity index (χ2n) is 3.15. The predicted octanol–water partition coefficient (Wildman–Crippen LogP) is 1.61. The van der Waals surface area contributed by atoms with Crippen LogP contribution in [0.25, 0.3) is 0 Å². The summed E-state index contributed by atoms with van der Waals surface area (Å²) in [6, 6.07) is 6.85. The zero-order valence-electron chi connectivity index (χ0n) is 8.00. The molecule has 72 valence electrons. The number of para-hydroxylation sites is 1. The van der Waals surface area contributed by atoms with Crippen LogP contribution in [0.15, 0.2) is 24.3 Å². The molecule has 3 heteroatoms. The summed E-state index contributed by atoms with van der Waals surface area (Å²) in [5.41, 5.74) is 6.09. The fourth-order valence-electron chi connectivity index (χ4n) is 1.13. The molecule has 0 radical (unpaired) electrons. The fourth-order valence-corrected chi connectivity index (χ4v) is 1.13. The molecular formula is C10H15FN2. The van der Waals surface area contributed by atoms with Crippen LogP contribution in [0.3, 0.4) is 0 Å². The number of hydrogen-bond donors (Lipinski definition) is 1. The Balaban J connectivity index is 2.88. The maximum atomic E-state index is 13.3. The van der Waals surface area contributed by atoms with Crippen LogP contribution >= 0.6 is 0 Å². The van der Waals surface area contributed by atoms with Crippen LogP contribution < -0.4 is 10.6 Å². The van der Waals surface area contributed by atoms with Gasteiger partial charge in [0.2, 0.25) is 0 Å². The second-order valence-corrected chi connectivity index (χ2v) is 3.15. The molecule has 2 nitrogen and oxygen atoms in total. The van der Waals surface area contributed by atoms with E-state index in [9.17, 15) is 4.39 Å². The van der Waals surface area contributed by atoms with Crippen molar-refractivity contribution >= 4 is 5.69 Å². The molecule has 0 spiro atoms. The third-order valence-corrected chi connectivity index (χ3v) is 2.23. The molecule has 0 saturated heterocycles. The van der Waals surface area contributed by atoms with E-state index in [0.29, 0.717) is 12.2 Å². The van der Waals surface area contributed by atoms with Crippen molar-refractivity contribution in [3.05, 3.63) is 30.1 Å². The Morgan fingerprint density at radius 3 is 2.62 bits per heavy atom. The standard InChI is InChI=1S/C10H15FN2/c1-8(7-12)13(2)10-6-4-3-5-9(10)11/h3-6,8H,7,12H2,1-2H3. The first kappa shape index (κ1) is 9.99. The first-order valence-corrected chi connectivity index (χ1v) is 4.34. The van der Waals surface area contributed by atoms with E-state index in [1.807, 2.05) is 24.9 Å². The minimum absolute atomic E-state index is 0.150. The molecule has 0 aliphatic heterocycles. The van der Waals surface area contributed by atoms with E-state index >= 15 is 0 Å². The van der Waals surface area contributed by atoms with Crippen LogP contribution in [0.5, 0.6) is 0 Å². The van der Waals surface area contributed by atoms with E-state index in [-0.39, 0.29) is 11.9 Å². The van der Waals surface area contributed by atoms with E-state index < -0.39 is 0 Å². The van der Waals surface area contributed by atoms with Crippen molar-refractivity contribution in [1.82, 2.24) is 0 Å². The summed E-state index contributed by atoms with van der Waals surface area (Å²) >= 11 is 0. The van der Waals surface area contributed by atoms with Gasteiger partial charge in [0, 0.05) is 19.6 Å². The van der Waals surface area contributed by atoms with Crippen molar-refractivity contribution in [3.63, 3.8) is 0 Å². The highest BCUT2D eigenvalue weighted by molar-refractivity contribution is 5.47. The smallest absolute Gasteiger partial charge is 0.146 e. The van der Waals surface area contributed by atoms with Crippen LogP contribution in [0.4, 0.5) is 10.1 Å². The van der Waals surface area contributed by atoms with Gasteiger partial charge in [0.05, 0.1) is 5.69 Å². The Morgan fingerprint density at radius 1 is 1.46 bits per heavy atom. The van der Waals surface area contributed by atoms with Crippen molar-refractivity contribution < 1.29 is 4.39 Å². The highest BCUT2D eigenvalue weighted by atomic mass is 19.1. The van der Waals surface area contributed by atoms with Crippen LogP contribution in [-0.4, -0.2) is 19.6 Å². The first-order valence-electron chi connectivity index (χ1n) is 4.34. The third-order valence-electron chi connectivity index (χ3n) is 2.23. The van der Waals surface area contributed by atoms with E-state index in [1.165, 1.54) is 6.07 Å². The summed E-state index contributed by atoms with van der Waals surface area (Å²) in [5.74, 6) is -0.203. The molecule has 0 amide bonds. The predicted molar refractivity (Wildman–Crippen MR) is 53.3 cm³/mol. The molecule has 0 bridgehead atoms. The Kier molecular flexibility index (Phi) is 3.25. The summed E-state index contributed by atoms with van der Waals surface area (Å²) < 4.78 is 13.3. The lowest BCUT2D eigenvalue weighted by Crippen LogP contribution is -2.35. The van der Waals surface area contributed by atoms with Crippen LogP contribution in [0.1, 0.15) is 6.92 Å². The monoisotopic (exact) mass is 182 g/mol. The minimum Gasteiger partial charge on any atom is -0.368 e. The normalized spacial score (nSPS) is 12.6. The number of benzene rings is 1. The molecule has 0 aliphatic carbocycles. The van der Waals surface area contributed by atoms with Gasteiger partial charge in [-0.25, -0.2) is 4.39 Å². The van der Waals surface area contributed by atoms with Crippen LogP contribution in [0, 0.1) is 5.82 Å². The average Bonchev–Trinajstić information content (AvgIpc) is 2.16. The topological polar surface area (TPSA) is 29.3 Å². The molecule has 2 N–H and O–H groups in total. The lowest BCUT2D eigenvalue weighted by atomic mass is 10.2. The average molecular weight is 182 g/mol. The Morgan fingerprint density at radius 2 is 2.08 bits per heavy atom. The van der Waals surface area contributed by atoms with Gasteiger partial charge in [0.1, 0.15) is 5.82 Å². The molecule has 1 atom stereocenters. The zero-order valence-corrected chi connectivity index (χ0v) is 8.00. The van der Waals surface area contributed by atoms with Crippen molar-refractivity contribution in [2.24, 2.45) is 5.73 Å². The van der Waals surface area contributed by atoms with Gasteiger partial charge in [-0.3, -0.25) is 0 Å². The molecule has 0 fully saturated rings. The molecule has 0 saturated carbocycles. The number of hydrogen-bond acceptors (Lipinski definition) is 2. The third kappa shape index (κ3) is 2.18. The van der Waals surface area contributed by atoms with Gasteiger partial charge in [0.15, 0.2) is 0 Å². The molecule has 1 unspecified atom stereocenters. The molecule has 0 aromatic heterocycles. The SMILES string of the molecule is CC(CN)N(C)c1ccccc1F. The second kappa shape index (κ2) is 4.23. The van der Waals surface area contributed by atoms with Crippen LogP contribution in [-0.2, 0) is 0 Å². The largest absolute Gasteiger partial charge is 0.368 e. The van der Waals surface area contributed by atoms with Crippen molar-refractivity contribution in [2.45, 2.75) is 13.0 Å². The van der Waals surface area contributed by atoms with E-state index in [2.05, 4.69) is 0 Å². The van der Waals surface area contributed by atoms with E-state index in [0.717, 1.165) is 0 Å². The number of nitrogens with two attached hydrogens (primary N) is 1. The highest BCUT2D eigenvalue weighted by Crippen LogP contribution is 2.18. The number of halogens is 1. The van der Waals surface area contributed by atoms with Crippen LogP contribution in [0.2, 0.25) is 0 Å².